The molecule has 1 unspecified atom stereocenters. The Balaban J connectivity index is 1.69. The van der Waals surface area contributed by atoms with Gasteiger partial charge in [-0.15, -0.1) is 11.3 Å². The SMILES string of the molecule is CC(O)(CNC(=O)NCCn1cccc1)c1cccs1. The van der Waals surface area contributed by atoms with Crippen molar-refractivity contribution in [2.24, 2.45) is 0 Å². The van der Waals surface area contributed by atoms with E-state index in [4.69, 9.17) is 0 Å². The molecule has 0 saturated carbocycles. The van der Waals surface area contributed by atoms with Gasteiger partial charge in [0.05, 0.1) is 6.54 Å². The molecule has 0 spiro atoms. The van der Waals surface area contributed by atoms with Crippen molar-refractivity contribution in [3.63, 3.8) is 0 Å². The Morgan fingerprint density at radius 3 is 2.75 bits per heavy atom. The molecule has 0 radical (unpaired) electrons. The molecule has 0 aliphatic rings. The highest BCUT2D eigenvalue weighted by atomic mass is 32.1. The molecule has 3 N–H and O–H groups in total. The van der Waals surface area contributed by atoms with E-state index in [9.17, 15) is 9.90 Å². The van der Waals surface area contributed by atoms with E-state index >= 15 is 0 Å². The minimum Gasteiger partial charge on any atom is -0.383 e. The average Bonchev–Trinajstić information content (AvgIpc) is 3.09. The first kappa shape index (κ1) is 14.6. The summed E-state index contributed by atoms with van der Waals surface area (Å²) in [6, 6.07) is 7.35. The Morgan fingerprint density at radius 1 is 1.35 bits per heavy atom. The molecular weight excluding hydrogens is 274 g/mol. The lowest BCUT2D eigenvalue weighted by Crippen LogP contribution is -2.43. The van der Waals surface area contributed by atoms with Gasteiger partial charge in [0.15, 0.2) is 0 Å². The molecule has 0 aliphatic heterocycles. The highest BCUT2D eigenvalue weighted by Gasteiger charge is 2.24. The molecule has 20 heavy (non-hydrogen) atoms. The molecule has 6 heteroatoms. The van der Waals surface area contributed by atoms with Gasteiger partial charge in [-0.3, -0.25) is 0 Å². The molecule has 0 saturated heterocycles. The summed E-state index contributed by atoms with van der Waals surface area (Å²) in [6.07, 6.45) is 3.89. The summed E-state index contributed by atoms with van der Waals surface area (Å²) in [7, 11) is 0. The minimum absolute atomic E-state index is 0.183. The monoisotopic (exact) mass is 293 g/mol. The quantitative estimate of drug-likeness (QED) is 0.760. The van der Waals surface area contributed by atoms with Crippen molar-refractivity contribution in [3.8, 4) is 0 Å². The number of nitrogens with one attached hydrogen (secondary N) is 2. The lowest BCUT2D eigenvalue weighted by molar-refractivity contribution is 0.0631. The molecule has 2 rings (SSSR count). The highest BCUT2D eigenvalue weighted by Crippen LogP contribution is 2.24. The maximum absolute atomic E-state index is 11.6. The topological polar surface area (TPSA) is 66.3 Å². The first-order valence-corrected chi connectivity index (χ1v) is 7.35. The fourth-order valence-electron chi connectivity index (χ4n) is 1.80. The largest absolute Gasteiger partial charge is 0.383 e. The number of rotatable bonds is 6. The molecule has 2 amide bonds. The van der Waals surface area contributed by atoms with Crippen LogP contribution in [0, 0.1) is 0 Å². The number of amides is 2. The Bertz CT molecular complexity index is 521. The second kappa shape index (κ2) is 6.58. The van der Waals surface area contributed by atoms with Gasteiger partial charge in [0.2, 0.25) is 0 Å². The van der Waals surface area contributed by atoms with Gasteiger partial charge in [0.25, 0.3) is 0 Å². The number of carbonyl (C=O) groups excluding carboxylic acids is 1. The summed E-state index contributed by atoms with van der Waals surface area (Å²) in [5.74, 6) is 0. The summed E-state index contributed by atoms with van der Waals surface area (Å²) < 4.78 is 1.99. The van der Waals surface area contributed by atoms with Crippen LogP contribution in [0.25, 0.3) is 0 Å². The maximum atomic E-state index is 11.6. The van der Waals surface area contributed by atoms with E-state index in [0.717, 1.165) is 11.4 Å². The van der Waals surface area contributed by atoms with Crippen LogP contribution >= 0.6 is 11.3 Å². The zero-order valence-electron chi connectivity index (χ0n) is 11.4. The molecule has 0 aliphatic carbocycles. The fraction of sp³-hybridized carbons (Fsp3) is 0.357. The number of nitrogens with zero attached hydrogens (tertiary/aromatic N) is 1. The summed E-state index contributed by atoms with van der Waals surface area (Å²) in [5, 5.41) is 17.6. The first-order chi connectivity index (χ1) is 9.58. The number of carbonyl (C=O) groups is 1. The third-order valence-electron chi connectivity index (χ3n) is 2.97. The van der Waals surface area contributed by atoms with Crippen LogP contribution in [0.15, 0.2) is 42.0 Å². The normalized spacial score (nSPS) is 13.7. The lowest BCUT2D eigenvalue weighted by atomic mass is 10.1. The van der Waals surface area contributed by atoms with Crippen molar-refractivity contribution >= 4 is 17.4 Å². The minimum atomic E-state index is -1.04. The second-order valence-electron chi connectivity index (χ2n) is 4.78. The van der Waals surface area contributed by atoms with Crippen LogP contribution in [0.2, 0.25) is 0 Å². The van der Waals surface area contributed by atoms with Crippen LogP contribution in [0.3, 0.4) is 0 Å². The molecule has 2 aromatic heterocycles. The van der Waals surface area contributed by atoms with Crippen LogP contribution in [-0.2, 0) is 12.1 Å². The van der Waals surface area contributed by atoms with Crippen molar-refractivity contribution in [2.75, 3.05) is 13.1 Å². The van der Waals surface area contributed by atoms with Crippen LogP contribution in [-0.4, -0.2) is 28.8 Å². The van der Waals surface area contributed by atoms with Crippen LogP contribution in [0.4, 0.5) is 4.79 Å². The van der Waals surface area contributed by atoms with E-state index in [1.54, 1.807) is 6.92 Å². The van der Waals surface area contributed by atoms with Crippen LogP contribution in [0.1, 0.15) is 11.8 Å². The van der Waals surface area contributed by atoms with E-state index < -0.39 is 5.60 Å². The Kier molecular flexibility index (Phi) is 4.81. The Hall–Kier alpha value is -1.79. The van der Waals surface area contributed by atoms with Gasteiger partial charge in [-0.05, 0) is 30.5 Å². The van der Waals surface area contributed by atoms with Gasteiger partial charge in [0.1, 0.15) is 5.60 Å². The molecule has 2 aromatic rings. The van der Waals surface area contributed by atoms with E-state index in [1.165, 1.54) is 11.3 Å². The van der Waals surface area contributed by atoms with E-state index in [-0.39, 0.29) is 12.6 Å². The molecule has 0 fully saturated rings. The summed E-state index contributed by atoms with van der Waals surface area (Å²) in [4.78, 5) is 12.5. The van der Waals surface area contributed by atoms with Crippen LogP contribution in [0.5, 0.6) is 0 Å². The molecule has 0 aromatic carbocycles. The zero-order valence-corrected chi connectivity index (χ0v) is 12.2. The van der Waals surface area contributed by atoms with E-state index in [0.29, 0.717) is 6.54 Å². The number of aliphatic hydroxyl groups is 1. The smallest absolute Gasteiger partial charge is 0.314 e. The number of aromatic nitrogens is 1. The van der Waals surface area contributed by atoms with Crippen molar-refractivity contribution in [2.45, 2.75) is 19.1 Å². The summed E-state index contributed by atoms with van der Waals surface area (Å²) in [6.45, 7) is 3.14. The first-order valence-electron chi connectivity index (χ1n) is 6.47. The van der Waals surface area contributed by atoms with E-state index in [1.807, 2.05) is 46.6 Å². The van der Waals surface area contributed by atoms with Crippen molar-refractivity contribution in [1.82, 2.24) is 15.2 Å². The van der Waals surface area contributed by atoms with Crippen LogP contribution < -0.4 is 10.6 Å². The van der Waals surface area contributed by atoms with Gasteiger partial charge in [-0.25, -0.2) is 4.79 Å². The fourth-order valence-corrected chi connectivity index (χ4v) is 2.59. The zero-order chi connectivity index (χ0) is 14.4. The Morgan fingerprint density at radius 2 is 2.10 bits per heavy atom. The molecule has 108 valence electrons. The maximum Gasteiger partial charge on any atom is 0.314 e. The molecule has 2 heterocycles. The third kappa shape index (κ3) is 4.11. The standard InChI is InChI=1S/C14H19N3O2S/c1-14(19,12-5-4-10-20-12)11-16-13(18)15-6-9-17-7-2-3-8-17/h2-5,7-8,10,19H,6,9,11H2,1H3,(H2,15,16,18). The summed E-state index contributed by atoms with van der Waals surface area (Å²) >= 11 is 1.47. The number of urea groups is 1. The van der Waals surface area contributed by atoms with Crippen molar-refractivity contribution in [3.05, 3.63) is 46.9 Å². The average molecular weight is 293 g/mol. The molecule has 1 atom stereocenters. The summed E-state index contributed by atoms with van der Waals surface area (Å²) in [5.41, 5.74) is -1.04. The van der Waals surface area contributed by atoms with Crippen molar-refractivity contribution < 1.29 is 9.90 Å². The number of hydrogen-bond donors (Lipinski definition) is 3. The van der Waals surface area contributed by atoms with Gasteiger partial charge >= 0.3 is 6.03 Å². The second-order valence-corrected chi connectivity index (χ2v) is 5.73. The molecule has 5 nitrogen and oxygen atoms in total. The van der Waals surface area contributed by atoms with Gasteiger partial charge in [-0.2, -0.15) is 0 Å². The van der Waals surface area contributed by atoms with E-state index in [2.05, 4.69) is 10.6 Å². The van der Waals surface area contributed by atoms with Crippen molar-refractivity contribution in [1.29, 1.82) is 0 Å². The third-order valence-corrected chi connectivity index (χ3v) is 4.09. The van der Waals surface area contributed by atoms with Gasteiger partial charge < -0.3 is 20.3 Å². The molecule has 0 bridgehead atoms. The predicted octanol–water partition coefficient (Wildman–Crippen LogP) is 1.76. The number of hydrogen-bond acceptors (Lipinski definition) is 3. The van der Waals surface area contributed by atoms with Gasteiger partial charge in [0, 0.05) is 30.4 Å². The number of thiophene rings is 1. The van der Waals surface area contributed by atoms with Gasteiger partial charge in [-0.1, -0.05) is 6.07 Å². The highest BCUT2D eigenvalue weighted by molar-refractivity contribution is 7.10. The predicted molar refractivity (Wildman–Crippen MR) is 79.7 cm³/mol. The lowest BCUT2D eigenvalue weighted by Gasteiger charge is -2.22. The Labute approximate surface area is 122 Å². The molecular formula is C14H19N3O2S.